The summed E-state index contributed by atoms with van der Waals surface area (Å²) in [6, 6.07) is 6.13. The Morgan fingerprint density at radius 2 is 1.94 bits per heavy atom. The van der Waals surface area contributed by atoms with E-state index in [0.29, 0.717) is 16.9 Å². The third kappa shape index (κ3) is 5.05. The fourth-order valence-corrected chi connectivity index (χ4v) is 2.24. The smallest absolute Gasteiger partial charge is 0.0465 e. The summed E-state index contributed by atoms with van der Waals surface area (Å²) in [4.78, 5) is 2.36. The van der Waals surface area contributed by atoms with E-state index in [1.165, 1.54) is 0 Å². The van der Waals surface area contributed by atoms with E-state index in [-0.39, 0.29) is 0 Å². The van der Waals surface area contributed by atoms with Gasteiger partial charge >= 0.3 is 0 Å². The third-order valence-electron chi connectivity index (χ3n) is 2.70. The minimum absolute atomic E-state index is 0.477. The molecule has 1 aromatic carbocycles. The molecule has 0 aliphatic carbocycles. The highest BCUT2D eigenvalue weighted by atomic mass is 35.5. The van der Waals surface area contributed by atoms with Crippen LogP contribution >= 0.6 is 34.8 Å². The van der Waals surface area contributed by atoms with Crippen LogP contribution in [0.2, 0.25) is 10.0 Å². The van der Waals surface area contributed by atoms with E-state index < -0.39 is 0 Å². The number of rotatable bonds is 6. The van der Waals surface area contributed by atoms with Crippen LogP contribution in [0.5, 0.6) is 0 Å². The van der Waals surface area contributed by atoms with Crippen molar-refractivity contribution in [2.45, 2.75) is 32.9 Å². The van der Waals surface area contributed by atoms with Crippen LogP contribution in [0.3, 0.4) is 0 Å². The van der Waals surface area contributed by atoms with Crippen molar-refractivity contribution in [3.63, 3.8) is 0 Å². The zero-order chi connectivity index (χ0) is 12.8. The van der Waals surface area contributed by atoms with Crippen molar-refractivity contribution < 1.29 is 0 Å². The first-order valence-corrected chi connectivity index (χ1v) is 7.07. The summed E-state index contributed by atoms with van der Waals surface area (Å²) >= 11 is 17.8. The van der Waals surface area contributed by atoms with Gasteiger partial charge in [0, 0.05) is 28.5 Å². The van der Waals surface area contributed by atoms with Crippen molar-refractivity contribution in [3.05, 3.63) is 33.8 Å². The van der Waals surface area contributed by atoms with Crippen LogP contribution < -0.4 is 0 Å². The first kappa shape index (κ1) is 15.1. The van der Waals surface area contributed by atoms with Gasteiger partial charge in [-0.05, 0) is 44.5 Å². The van der Waals surface area contributed by atoms with Gasteiger partial charge in [-0.15, -0.1) is 11.6 Å². The molecule has 0 radical (unpaired) electrons. The average Bonchev–Trinajstić information content (AvgIpc) is 2.26. The number of hydrogen-bond donors (Lipinski definition) is 0. The van der Waals surface area contributed by atoms with Crippen LogP contribution in [-0.2, 0) is 6.54 Å². The summed E-state index contributed by atoms with van der Waals surface area (Å²) in [6.07, 6.45) is 0.991. The van der Waals surface area contributed by atoms with Gasteiger partial charge < -0.3 is 0 Å². The standard InChI is InChI=1S/C13H18Cl3N/c1-10(2)17(7-3-6-14)9-11-4-5-12(15)8-13(11)16/h4-5,8,10H,3,6-7,9H2,1-2H3. The van der Waals surface area contributed by atoms with Crippen molar-refractivity contribution >= 4 is 34.8 Å². The maximum atomic E-state index is 6.18. The Bertz CT molecular complexity index is 353. The lowest BCUT2D eigenvalue weighted by atomic mass is 10.2. The fraction of sp³-hybridized carbons (Fsp3) is 0.538. The summed E-state index contributed by atoms with van der Waals surface area (Å²) in [7, 11) is 0. The topological polar surface area (TPSA) is 3.24 Å². The number of nitrogens with zero attached hydrogens (tertiary/aromatic N) is 1. The molecular formula is C13H18Cl3N. The summed E-state index contributed by atoms with van der Waals surface area (Å²) in [5, 5.41) is 1.41. The van der Waals surface area contributed by atoms with Crippen molar-refractivity contribution in [2.75, 3.05) is 12.4 Å². The molecule has 0 amide bonds. The van der Waals surface area contributed by atoms with Crippen molar-refractivity contribution in [1.82, 2.24) is 4.90 Å². The van der Waals surface area contributed by atoms with Crippen LogP contribution in [-0.4, -0.2) is 23.4 Å². The van der Waals surface area contributed by atoms with Crippen molar-refractivity contribution in [1.29, 1.82) is 0 Å². The zero-order valence-corrected chi connectivity index (χ0v) is 12.5. The van der Waals surface area contributed by atoms with Crippen molar-refractivity contribution in [2.24, 2.45) is 0 Å². The van der Waals surface area contributed by atoms with Gasteiger partial charge in [-0.2, -0.15) is 0 Å². The maximum absolute atomic E-state index is 6.18. The molecule has 1 rings (SSSR count). The van der Waals surface area contributed by atoms with Crippen LogP contribution in [0.1, 0.15) is 25.8 Å². The maximum Gasteiger partial charge on any atom is 0.0465 e. The van der Waals surface area contributed by atoms with E-state index in [4.69, 9.17) is 34.8 Å². The molecule has 96 valence electrons. The second-order valence-corrected chi connectivity index (χ2v) is 5.56. The highest BCUT2D eigenvalue weighted by Crippen LogP contribution is 2.23. The molecule has 4 heteroatoms. The second kappa shape index (κ2) is 7.48. The number of hydrogen-bond acceptors (Lipinski definition) is 1. The van der Waals surface area contributed by atoms with E-state index in [2.05, 4.69) is 18.7 Å². The molecular weight excluding hydrogens is 277 g/mol. The quantitative estimate of drug-likeness (QED) is 0.679. The normalized spacial score (nSPS) is 11.5. The van der Waals surface area contributed by atoms with E-state index in [1.54, 1.807) is 6.07 Å². The van der Waals surface area contributed by atoms with Gasteiger partial charge in [-0.1, -0.05) is 29.3 Å². The van der Waals surface area contributed by atoms with Gasteiger partial charge in [0.2, 0.25) is 0 Å². The first-order valence-electron chi connectivity index (χ1n) is 5.78. The van der Waals surface area contributed by atoms with Gasteiger partial charge in [-0.3, -0.25) is 4.90 Å². The van der Waals surface area contributed by atoms with Crippen LogP contribution in [0.25, 0.3) is 0 Å². The van der Waals surface area contributed by atoms with Gasteiger partial charge in [0.25, 0.3) is 0 Å². The molecule has 0 unspecified atom stereocenters. The van der Waals surface area contributed by atoms with Gasteiger partial charge in [0.05, 0.1) is 0 Å². The highest BCUT2D eigenvalue weighted by molar-refractivity contribution is 6.35. The van der Waals surface area contributed by atoms with Crippen LogP contribution in [0, 0.1) is 0 Å². The Morgan fingerprint density at radius 1 is 1.24 bits per heavy atom. The number of alkyl halides is 1. The molecule has 0 saturated carbocycles. The molecule has 0 aliphatic rings. The van der Waals surface area contributed by atoms with E-state index in [1.807, 2.05) is 12.1 Å². The second-order valence-electron chi connectivity index (χ2n) is 4.34. The Hall–Kier alpha value is 0.0500. The zero-order valence-electron chi connectivity index (χ0n) is 10.2. The lowest BCUT2D eigenvalue weighted by Gasteiger charge is -2.26. The lowest BCUT2D eigenvalue weighted by molar-refractivity contribution is 0.214. The molecule has 1 aromatic rings. The summed E-state index contributed by atoms with van der Waals surface area (Å²) < 4.78 is 0. The molecule has 0 fully saturated rings. The molecule has 0 aromatic heterocycles. The lowest BCUT2D eigenvalue weighted by Crippen LogP contribution is -2.31. The van der Waals surface area contributed by atoms with E-state index in [9.17, 15) is 0 Å². The SMILES string of the molecule is CC(C)N(CCCCl)Cc1ccc(Cl)cc1Cl. The van der Waals surface area contributed by atoms with E-state index >= 15 is 0 Å². The van der Waals surface area contributed by atoms with Gasteiger partial charge in [0.1, 0.15) is 0 Å². The molecule has 17 heavy (non-hydrogen) atoms. The van der Waals surface area contributed by atoms with Gasteiger partial charge in [-0.25, -0.2) is 0 Å². The molecule has 0 aliphatic heterocycles. The molecule has 0 spiro atoms. The predicted molar refractivity (Wildman–Crippen MR) is 77.3 cm³/mol. The summed E-state index contributed by atoms with van der Waals surface area (Å²) in [6.45, 7) is 6.18. The molecule has 0 N–H and O–H groups in total. The Labute approximate surface area is 119 Å². The van der Waals surface area contributed by atoms with Crippen LogP contribution in [0.4, 0.5) is 0 Å². The highest BCUT2D eigenvalue weighted by Gasteiger charge is 2.11. The predicted octanol–water partition coefficient (Wildman–Crippen LogP) is 4.83. The molecule has 0 bridgehead atoms. The first-order chi connectivity index (χ1) is 8.04. The largest absolute Gasteiger partial charge is 0.297 e. The Kier molecular flexibility index (Phi) is 6.65. The number of halogens is 3. The minimum atomic E-state index is 0.477. The molecule has 0 saturated heterocycles. The Balaban J connectivity index is 2.71. The average molecular weight is 295 g/mol. The fourth-order valence-electron chi connectivity index (χ4n) is 1.65. The summed E-state index contributed by atoms with van der Waals surface area (Å²) in [5.74, 6) is 0.692. The minimum Gasteiger partial charge on any atom is -0.297 e. The molecule has 0 atom stereocenters. The van der Waals surface area contributed by atoms with Gasteiger partial charge in [0.15, 0.2) is 0 Å². The number of benzene rings is 1. The molecule has 0 heterocycles. The monoisotopic (exact) mass is 293 g/mol. The summed E-state index contributed by atoms with van der Waals surface area (Å²) in [5.41, 5.74) is 1.11. The van der Waals surface area contributed by atoms with E-state index in [0.717, 1.165) is 30.1 Å². The van der Waals surface area contributed by atoms with Crippen LogP contribution in [0.15, 0.2) is 18.2 Å². The third-order valence-corrected chi connectivity index (χ3v) is 3.55. The van der Waals surface area contributed by atoms with Crippen molar-refractivity contribution in [3.8, 4) is 0 Å². The Morgan fingerprint density at radius 3 is 2.47 bits per heavy atom. The molecule has 1 nitrogen and oxygen atoms in total.